The van der Waals surface area contributed by atoms with Gasteiger partial charge in [-0.2, -0.15) is 4.98 Å². The number of nitrogens with zero attached hydrogens (tertiary/aromatic N) is 2. The molecule has 2 atom stereocenters. The Balaban J connectivity index is 1.90. The molecule has 4 nitrogen and oxygen atoms in total. The van der Waals surface area contributed by atoms with E-state index in [0.717, 1.165) is 28.8 Å². The Bertz CT molecular complexity index is 569. The fourth-order valence-corrected chi connectivity index (χ4v) is 3.24. The highest BCUT2D eigenvalue weighted by Crippen LogP contribution is 2.39. The summed E-state index contributed by atoms with van der Waals surface area (Å²) in [6.45, 7) is 0.692. The average molecular weight is 322 g/mol. The second kappa shape index (κ2) is 5.43. The van der Waals surface area contributed by atoms with Crippen LogP contribution in [-0.2, 0) is 0 Å². The van der Waals surface area contributed by atoms with Crippen LogP contribution in [0, 0.1) is 5.92 Å². The molecule has 0 aliphatic heterocycles. The molecule has 19 heavy (non-hydrogen) atoms. The van der Waals surface area contributed by atoms with Gasteiger partial charge in [-0.25, -0.2) is 0 Å². The highest BCUT2D eigenvalue weighted by molar-refractivity contribution is 9.10. The van der Waals surface area contributed by atoms with Gasteiger partial charge >= 0.3 is 0 Å². The Hall–Kier alpha value is -1.20. The van der Waals surface area contributed by atoms with Crippen LogP contribution in [0.25, 0.3) is 11.4 Å². The zero-order chi connectivity index (χ0) is 13.2. The third kappa shape index (κ3) is 2.44. The van der Waals surface area contributed by atoms with Crippen LogP contribution in [0.1, 0.15) is 31.1 Å². The van der Waals surface area contributed by atoms with Crippen molar-refractivity contribution in [2.24, 2.45) is 11.7 Å². The van der Waals surface area contributed by atoms with Crippen molar-refractivity contribution in [3.8, 4) is 11.4 Å². The van der Waals surface area contributed by atoms with Gasteiger partial charge in [-0.05, 0) is 37.4 Å². The van der Waals surface area contributed by atoms with E-state index < -0.39 is 0 Å². The summed E-state index contributed by atoms with van der Waals surface area (Å²) in [6.07, 6.45) is 3.45. The van der Waals surface area contributed by atoms with Crippen LogP contribution >= 0.6 is 15.9 Å². The molecular formula is C14H16BrN3O. The summed E-state index contributed by atoms with van der Waals surface area (Å²) in [6, 6.07) is 7.89. The van der Waals surface area contributed by atoms with Crippen LogP contribution < -0.4 is 5.73 Å². The molecule has 1 heterocycles. The summed E-state index contributed by atoms with van der Waals surface area (Å²) in [5.74, 6) is 2.19. The number of aromatic nitrogens is 2. The predicted molar refractivity (Wildman–Crippen MR) is 76.6 cm³/mol. The summed E-state index contributed by atoms with van der Waals surface area (Å²) in [5, 5.41) is 4.10. The Kier molecular flexibility index (Phi) is 3.66. The maximum atomic E-state index is 5.81. The Morgan fingerprint density at radius 2 is 2.16 bits per heavy atom. The van der Waals surface area contributed by atoms with E-state index in [1.54, 1.807) is 0 Å². The molecule has 5 heteroatoms. The Morgan fingerprint density at radius 3 is 2.95 bits per heavy atom. The van der Waals surface area contributed by atoms with Crippen LogP contribution in [0.3, 0.4) is 0 Å². The van der Waals surface area contributed by atoms with E-state index in [9.17, 15) is 0 Å². The van der Waals surface area contributed by atoms with E-state index in [1.807, 2.05) is 24.3 Å². The van der Waals surface area contributed by atoms with Gasteiger partial charge in [0.15, 0.2) is 0 Å². The third-order valence-electron chi connectivity index (χ3n) is 3.84. The van der Waals surface area contributed by atoms with Crippen molar-refractivity contribution in [1.29, 1.82) is 0 Å². The second-order valence-corrected chi connectivity index (χ2v) is 5.82. The standard InChI is InChI=1S/C14H16BrN3O/c15-12-7-2-1-5-11(12)13-17-14(19-18-13)10-6-3-4-9(10)8-16/h1-2,5,7,9-10H,3-4,6,8,16H2. The summed E-state index contributed by atoms with van der Waals surface area (Å²) < 4.78 is 6.43. The Labute approximate surface area is 120 Å². The van der Waals surface area contributed by atoms with E-state index in [1.165, 1.54) is 6.42 Å². The molecule has 3 rings (SSSR count). The molecule has 0 amide bonds. The lowest BCUT2D eigenvalue weighted by molar-refractivity contribution is 0.326. The zero-order valence-electron chi connectivity index (χ0n) is 10.6. The Morgan fingerprint density at radius 1 is 1.32 bits per heavy atom. The molecule has 1 fully saturated rings. The lowest BCUT2D eigenvalue weighted by Gasteiger charge is -2.12. The summed E-state index contributed by atoms with van der Waals surface area (Å²) in [7, 11) is 0. The fourth-order valence-electron chi connectivity index (χ4n) is 2.78. The normalized spacial score (nSPS) is 22.8. The van der Waals surface area contributed by atoms with E-state index in [4.69, 9.17) is 10.3 Å². The lowest BCUT2D eigenvalue weighted by atomic mass is 9.96. The van der Waals surface area contributed by atoms with Crippen molar-refractivity contribution in [1.82, 2.24) is 10.1 Å². The van der Waals surface area contributed by atoms with Crippen LogP contribution in [0.2, 0.25) is 0 Å². The monoisotopic (exact) mass is 321 g/mol. The SMILES string of the molecule is NCC1CCCC1c1nc(-c2ccccc2Br)no1. The zero-order valence-corrected chi connectivity index (χ0v) is 12.1. The number of nitrogens with two attached hydrogens (primary N) is 1. The summed E-state index contributed by atoms with van der Waals surface area (Å²) >= 11 is 3.51. The van der Waals surface area contributed by atoms with Crippen molar-refractivity contribution in [3.05, 3.63) is 34.6 Å². The van der Waals surface area contributed by atoms with Gasteiger partial charge in [0.25, 0.3) is 0 Å². The molecule has 2 unspecified atom stereocenters. The minimum Gasteiger partial charge on any atom is -0.339 e. The number of rotatable bonds is 3. The second-order valence-electron chi connectivity index (χ2n) is 4.97. The van der Waals surface area contributed by atoms with E-state index in [2.05, 4.69) is 26.1 Å². The van der Waals surface area contributed by atoms with E-state index in [0.29, 0.717) is 24.2 Å². The number of benzene rings is 1. The number of halogens is 1. The van der Waals surface area contributed by atoms with Crippen molar-refractivity contribution >= 4 is 15.9 Å². The molecule has 1 aromatic carbocycles. The first kappa shape index (κ1) is 12.8. The smallest absolute Gasteiger partial charge is 0.230 e. The van der Waals surface area contributed by atoms with Gasteiger partial charge in [0, 0.05) is 16.0 Å². The fraction of sp³-hybridized carbons (Fsp3) is 0.429. The van der Waals surface area contributed by atoms with Crippen molar-refractivity contribution in [2.45, 2.75) is 25.2 Å². The first-order valence-electron chi connectivity index (χ1n) is 6.58. The maximum Gasteiger partial charge on any atom is 0.230 e. The molecular weight excluding hydrogens is 306 g/mol. The minimum atomic E-state index is 0.328. The van der Waals surface area contributed by atoms with E-state index in [-0.39, 0.29) is 0 Å². The molecule has 1 aromatic heterocycles. The highest BCUT2D eigenvalue weighted by Gasteiger charge is 2.32. The third-order valence-corrected chi connectivity index (χ3v) is 4.53. The van der Waals surface area contributed by atoms with Crippen LogP contribution in [0.4, 0.5) is 0 Å². The quantitative estimate of drug-likeness (QED) is 0.941. The number of hydrogen-bond donors (Lipinski definition) is 1. The van der Waals surface area contributed by atoms with Crippen molar-refractivity contribution in [2.75, 3.05) is 6.54 Å². The molecule has 1 aliphatic rings. The van der Waals surface area contributed by atoms with E-state index >= 15 is 0 Å². The van der Waals surface area contributed by atoms with Crippen LogP contribution in [0.5, 0.6) is 0 Å². The molecule has 100 valence electrons. The van der Waals surface area contributed by atoms with Gasteiger partial charge in [0.1, 0.15) is 0 Å². The molecule has 1 aliphatic carbocycles. The summed E-state index contributed by atoms with van der Waals surface area (Å²) in [4.78, 5) is 4.56. The minimum absolute atomic E-state index is 0.328. The molecule has 0 radical (unpaired) electrons. The maximum absolute atomic E-state index is 5.81. The van der Waals surface area contributed by atoms with Crippen LogP contribution in [-0.4, -0.2) is 16.7 Å². The van der Waals surface area contributed by atoms with Gasteiger partial charge in [0.2, 0.25) is 11.7 Å². The van der Waals surface area contributed by atoms with Crippen molar-refractivity contribution < 1.29 is 4.52 Å². The summed E-state index contributed by atoms with van der Waals surface area (Å²) in [5.41, 5.74) is 6.76. The highest BCUT2D eigenvalue weighted by atomic mass is 79.9. The topological polar surface area (TPSA) is 64.9 Å². The largest absolute Gasteiger partial charge is 0.339 e. The first-order valence-corrected chi connectivity index (χ1v) is 7.37. The van der Waals surface area contributed by atoms with Gasteiger partial charge in [-0.15, -0.1) is 0 Å². The molecule has 0 spiro atoms. The first-order chi connectivity index (χ1) is 9.29. The molecule has 0 bridgehead atoms. The van der Waals surface area contributed by atoms with Crippen molar-refractivity contribution in [3.63, 3.8) is 0 Å². The van der Waals surface area contributed by atoms with Gasteiger partial charge in [-0.1, -0.05) is 39.6 Å². The van der Waals surface area contributed by atoms with Gasteiger partial charge in [-0.3, -0.25) is 0 Å². The number of hydrogen-bond acceptors (Lipinski definition) is 4. The molecule has 2 N–H and O–H groups in total. The average Bonchev–Trinajstić information content (AvgIpc) is 3.07. The molecule has 2 aromatic rings. The van der Waals surface area contributed by atoms with Gasteiger partial charge in [0.05, 0.1) is 0 Å². The lowest BCUT2D eigenvalue weighted by Crippen LogP contribution is -2.17. The van der Waals surface area contributed by atoms with Crippen LogP contribution in [0.15, 0.2) is 33.3 Å². The molecule has 0 saturated heterocycles. The van der Waals surface area contributed by atoms with Gasteiger partial charge < -0.3 is 10.3 Å². The predicted octanol–water partition coefficient (Wildman–Crippen LogP) is 3.34. The molecule has 1 saturated carbocycles.